The molecule has 0 radical (unpaired) electrons. The molecule has 0 amide bonds. The molecule has 0 fully saturated rings. The standard InChI is InChI=1S/C9H14N2OS/c1-4-6(10)7-5-11-8(13-7)9(2,3)12/h5,10,12H,4H2,1-3H3. The molecule has 4 heteroatoms. The monoisotopic (exact) mass is 198 g/mol. The van der Waals surface area contributed by atoms with E-state index in [1.807, 2.05) is 6.92 Å². The minimum atomic E-state index is -0.892. The average molecular weight is 198 g/mol. The third-order valence-electron chi connectivity index (χ3n) is 1.68. The second-order valence-electron chi connectivity index (χ2n) is 3.42. The van der Waals surface area contributed by atoms with Gasteiger partial charge in [0, 0.05) is 11.9 Å². The Bertz CT molecular complexity index is 312. The smallest absolute Gasteiger partial charge is 0.124 e. The van der Waals surface area contributed by atoms with E-state index < -0.39 is 5.60 Å². The van der Waals surface area contributed by atoms with E-state index in [0.717, 1.165) is 4.88 Å². The SMILES string of the molecule is CCC(=N)c1cnc(C(C)(C)O)s1. The predicted octanol–water partition coefficient (Wildman–Crippen LogP) is 2.15. The second-order valence-corrected chi connectivity index (χ2v) is 4.45. The predicted molar refractivity (Wildman–Crippen MR) is 54.5 cm³/mol. The van der Waals surface area contributed by atoms with Crippen LogP contribution in [0.3, 0.4) is 0 Å². The summed E-state index contributed by atoms with van der Waals surface area (Å²) in [6.45, 7) is 5.34. The van der Waals surface area contributed by atoms with Crippen LogP contribution in [0, 0.1) is 5.41 Å². The molecule has 1 heterocycles. The summed E-state index contributed by atoms with van der Waals surface area (Å²) in [5.41, 5.74) is -0.315. The Labute approximate surface area is 82.0 Å². The molecule has 0 aromatic carbocycles. The van der Waals surface area contributed by atoms with E-state index in [-0.39, 0.29) is 0 Å². The highest BCUT2D eigenvalue weighted by atomic mass is 32.1. The third kappa shape index (κ3) is 2.35. The summed E-state index contributed by atoms with van der Waals surface area (Å²) in [4.78, 5) is 4.93. The fourth-order valence-electron chi connectivity index (χ4n) is 0.871. The van der Waals surface area contributed by atoms with E-state index in [0.29, 0.717) is 17.1 Å². The zero-order valence-corrected chi connectivity index (χ0v) is 8.90. The van der Waals surface area contributed by atoms with Crippen LogP contribution in [-0.2, 0) is 5.60 Å². The van der Waals surface area contributed by atoms with Crippen LogP contribution >= 0.6 is 11.3 Å². The summed E-state index contributed by atoms with van der Waals surface area (Å²) >= 11 is 1.39. The van der Waals surface area contributed by atoms with Gasteiger partial charge in [-0.2, -0.15) is 0 Å². The van der Waals surface area contributed by atoms with Crippen molar-refractivity contribution in [2.24, 2.45) is 0 Å². The average Bonchev–Trinajstić information content (AvgIpc) is 2.50. The molecule has 0 saturated carbocycles. The topological polar surface area (TPSA) is 57.0 Å². The molecule has 0 bridgehead atoms. The van der Waals surface area contributed by atoms with Crippen LogP contribution in [0.2, 0.25) is 0 Å². The normalized spacial score (nSPS) is 11.7. The van der Waals surface area contributed by atoms with Crippen molar-refractivity contribution in [2.45, 2.75) is 32.8 Å². The second kappa shape index (κ2) is 3.55. The maximum absolute atomic E-state index is 9.63. The molecule has 72 valence electrons. The van der Waals surface area contributed by atoms with Gasteiger partial charge in [-0.25, -0.2) is 4.98 Å². The molecule has 0 atom stereocenters. The molecular weight excluding hydrogens is 184 g/mol. The number of aromatic nitrogens is 1. The van der Waals surface area contributed by atoms with Gasteiger partial charge in [0.1, 0.15) is 10.6 Å². The highest BCUT2D eigenvalue weighted by Crippen LogP contribution is 2.25. The number of hydrogen-bond donors (Lipinski definition) is 2. The van der Waals surface area contributed by atoms with Crippen molar-refractivity contribution in [3.05, 3.63) is 16.1 Å². The molecule has 0 spiro atoms. The highest BCUT2D eigenvalue weighted by molar-refractivity contribution is 7.13. The van der Waals surface area contributed by atoms with Crippen molar-refractivity contribution in [3.63, 3.8) is 0 Å². The Balaban J connectivity index is 2.93. The minimum Gasteiger partial charge on any atom is -0.383 e. The van der Waals surface area contributed by atoms with E-state index in [4.69, 9.17) is 5.41 Å². The Hall–Kier alpha value is -0.740. The molecule has 0 saturated heterocycles. The molecule has 13 heavy (non-hydrogen) atoms. The first-order chi connectivity index (χ1) is 5.95. The van der Waals surface area contributed by atoms with Crippen LogP contribution in [0.25, 0.3) is 0 Å². The van der Waals surface area contributed by atoms with Crippen molar-refractivity contribution in [2.75, 3.05) is 0 Å². The van der Waals surface area contributed by atoms with Gasteiger partial charge in [-0.15, -0.1) is 11.3 Å². The van der Waals surface area contributed by atoms with Crippen LogP contribution in [0.5, 0.6) is 0 Å². The summed E-state index contributed by atoms with van der Waals surface area (Å²) in [6.07, 6.45) is 2.36. The lowest BCUT2D eigenvalue weighted by molar-refractivity contribution is 0.0783. The summed E-state index contributed by atoms with van der Waals surface area (Å²) in [5, 5.41) is 17.9. The zero-order valence-electron chi connectivity index (χ0n) is 8.09. The first kappa shape index (κ1) is 10.3. The number of thiazole rings is 1. The van der Waals surface area contributed by atoms with E-state index in [1.54, 1.807) is 20.0 Å². The van der Waals surface area contributed by atoms with Crippen LogP contribution < -0.4 is 0 Å². The van der Waals surface area contributed by atoms with E-state index >= 15 is 0 Å². The van der Waals surface area contributed by atoms with Gasteiger partial charge in [0.2, 0.25) is 0 Å². The Morgan fingerprint density at radius 2 is 2.31 bits per heavy atom. The Morgan fingerprint density at radius 1 is 1.69 bits per heavy atom. The van der Waals surface area contributed by atoms with Gasteiger partial charge < -0.3 is 10.5 Å². The summed E-state index contributed by atoms with van der Waals surface area (Å²) in [5.74, 6) is 0. The number of hydrogen-bond acceptors (Lipinski definition) is 4. The first-order valence-corrected chi connectivity index (χ1v) is 5.03. The van der Waals surface area contributed by atoms with Crippen molar-refractivity contribution < 1.29 is 5.11 Å². The molecule has 2 N–H and O–H groups in total. The van der Waals surface area contributed by atoms with Crippen LogP contribution in [0.4, 0.5) is 0 Å². The van der Waals surface area contributed by atoms with Crippen LogP contribution in [0.1, 0.15) is 37.1 Å². The summed E-state index contributed by atoms with van der Waals surface area (Å²) in [6, 6.07) is 0. The number of nitrogens with zero attached hydrogens (tertiary/aromatic N) is 1. The Morgan fingerprint density at radius 3 is 2.69 bits per heavy atom. The molecule has 1 rings (SSSR count). The molecule has 0 unspecified atom stereocenters. The molecular formula is C9H14N2OS. The molecule has 0 aliphatic rings. The summed E-state index contributed by atoms with van der Waals surface area (Å²) < 4.78 is 0. The minimum absolute atomic E-state index is 0.577. The lowest BCUT2D eigenvalue weighted by atomic mass is 10.2. The van der Waals surface area contributed by atoms with E-state index in [9.17, 15) is 5.11 Å². The van der Waals surface area contributed by atoms with Gasteiger partial charge in [0.15, 0.2) is 0 Å². The van der Waals surface area contributed by atoms with Crippen LogP contribution in [-0.4, -0.2) is 15.8 Å². The third-order valence-corrected chi connectivity index (χ3v) is 3.05. The number of aliphatic hydroxyl groups is 1. The highest BCUT2D eigenvalue weighted by Gasteiger charge is 2.20. The van der Waals surface area contributed by atoms with E-state index in [2.05, 4.69) is 4.98 Å². The van der Waals surface area contributed by atoms with Gasteiger partial charge in [0.25, 0.3) is 0 Å². The summed E-state index contributed by atoms with van der Waals surface area (Å²) in [7, 11) is 0. The van der Waals surface area contributed by atoms with Crippen molar-refractivity contribution in [1.82, 2.24) is 4.98 Å². The molecule has 3 nitrogen and oxygen atoms in total. The van der Waals surface area contributed by atoms with Crippen molar-refractivity contribution >= 4 is 17.0 Å². The number of rotatable bonds is 3. The maximum atomic E-state index is 9.63. The van der Waals surface area contributed by atoms with Gasteiger partial charge in [0.05, 0.1) is 4.88 Å². The lowest BCUT2D eigenvalue weighted by Gasteiger charge is -2.12. The number of nitrogens with one attached hydrogen (secondary N) is 1. The van der Waals surface area contributed by atoms with Gasteiger partial charge in [-0.3, -0.25) is 0 Å². The van der Waals surface area contributed by atoms with Crippen molar-refractivity contribution in [3.8, 4) is 0 Å². The fraction of sp³-hybridized carbons (Fsp3) is 0.556. The lowest BCUT2D eigenvalue weighted by Crippen LogP contribution is -2.14. The van der Waals surface area contributed by atoms with Crippen molar-refractivity contribution in [1.29, 1.82) is 5.41 Å². The maximum Gasteiger partial charge on any atom is 0.124 e. The molecule has 1 aromatic heterocycles. The quantitative estimate of drug-likeness (QED) is 0.731. The first-order valence-electron chi connectivity index (χ1n) is 4.21. The molecule has 1 aromatic rings. The van der Waals surface area contributed by atoms with Gasteiger partial charge in [-0.05, 0) is 20.3 Å². The largest absolute Gasteiger partial charge is 0.383 e. The van der Waals surface area contributed by atoms with Crippen LogP contribution in [0.15, 0.2) is 6.20 Å². The Kier molecular flexibility index (Phi) is 2.83. The molecule has 0 aliphatic heterocycles. The molecule has 0 aliphatic carbocycles. The van der Waals surface area contributed by atoms with Gasteiger partial charge in [-0.1, -0.05) is 6.92 Å². The van der Waals surface area contributed by atoms with Gasteiger partial charge >= 0.3 is 0 Å². The zero-order chi connectivity index (χ0) is 10.1. The fourth-order valence-corrected chi connectivity index (χ4v) is 1.81. The van der Waals surface area contributed by atoms with E-state index in [1.165, 1.54) is 11.3 Å².